The van der Waals surface area contributed by atoms with Crippen molar-refractivity contribution in [3.63, 3.8) is 0 Å². The van der Waals surface area contributed by atoms with Crippen LogP contribution < -0.4 is 0 Å². The summed E-state index contributed by atoms with van der Waals surface area (Å²) in [6.45, 7) is 0. The number of nitro groups is 1. The van der Waals surface area contributed by atoms with E-state index in [4.69, 9.17) is 0 Å². The van der Waals surface area contributed by atoms with Gasteiger partial charge in [-0.1, -0.05) is 5.16 Å². The number of aromatic hydroxyl groups is 2. The maximum atomic E-state index is 10.6. The number of hydrogen-bond acceptors (Lipinski definition) is 7. The molecule has 2 aromatic rings. The van der Waals surface area contributed by atoms with Gasteiger partial charge in [-0.3, -0.25) is 10.1 Å². The van der Waals surface area contributed by atoms with Crippen LogP contribution in [0.15, 0.2) is 23.0 Å². The van der Waals surface area contributed by atoms with E-state index in [1.165, 1.54) is 0 Å². The number of rotatable bonds is 2. The molecule has 0 saturated carbocycles. The molecule has 82 valence electrons. The molecule has 8 heteroatoms. The van der Waals surface area contributed by atoms with Crippen molar-refractivity contribution in [3.8, 4) is 23.0 Å². The third-order valence-electron chi connectivity index (χ3n) is 1.87. The van der Waals surface area contributed by atoms with Crippen LogP contribution in [0.2, 0.25) is 0 Å². The molecule has 16 heavy (non-hydrogen) atoms. The first-order valence-electron chi connectivity index (χ1n) is 4.07. The van der Waals surface area contributed by atoms with Gasteiger partial charge in [-0.25, -0.2) is 0 Å². The third-order valence-corrected chi connectivity index (χ3v) is 1.87. The molecule has 0 aliphatic heterocycles. The van der Waals surface area contributed by atoms with E-state index in [1.807, 2.05) is 0 Å². The van der Waals surface area contributed by atoms with E-state index in [1.54, 1.807) is 0 Å². The van der Waals surface area contributed by atoms with E-state index in [0.717, 1.165) is 18.5 Å². The van der Waals surface area contributed by atoms with Crippen molar-refractivity contribution in [2.45, 2.75) is 0 Å². The van der Waals surface area contributed by atoms with Crippen molar-refractivity contribution in [2.75, 3.05) is 0 Å². The van der Waals surface area contributed by atoms with Gasteiger partial charge in [0.05, 0.1) is 10.5 Å². The van der Waals surface area contributed by atoms with E-state index in [2.05, 4.69) is 14.7 Å². The zero-order valence-corrected chi connectivity index (χ0v) is 7.69. The molecule has 0 aliphatic carbocycles. The third kappa shape index (κ3) is 1.52. The molecule has 0 fully saturated rings. The van der Waals surface area contributed by atoms with E-state index >= 15 is 0 Å². The molecule has 0 aliphatic rings. The highest BCUT2D eigenvalue weighted by atomic mass is 16.6. The van der Waals surface area contributed by atoms with Crippen molar-refractivity contribution in [3.05, 3.63) is 28.6 Å². The second-order valence-electron chi connectivity index (χ2n) is 2.87. The summed E-state index contributed by atoms with van der Waals surface area (Å²) in [5.41, 5.74) is -0.479. The number of benzene rings is 1. The van der Waals surface area contributed by atoms with Crippen LogP contribution in [0.25, 0.3) is 11.5 Å². The van der Waals surface area contributed by atoms with Crippen LogP contribution >= 0.6 is 0 Å². The molecular weight excluding hydrogens is 218 g/mol. The highest BCUT2D eigenvalue weighted by Crippen LogP contribution is 2.38. The summed E-state index contributed by atoms with van der Waals surface area (Å²) in [4.78, 5) is 13.4. The Bertz CT molecular complexity index is 537. The van der Waals surface area contributed by atoms with Crippen molar-refractivity contribution < 1.29 is 19.7 Å². The van der Waals surface area contributed by atoms with Crippen LogP contribution in [0, 0.1) is 10.1 Å². The Hall–Kier alpha value is -2.64. The van der Waals surface area contributed by atoms with Gasteiger partial charge in [0.2, 0.25) is 5.75 Å². The predicted molar refractivity (Wildman–Crippen MR) is 49.7 cm³/mol. The molecule has 0 saturated heterocycles. The van der Waals surface area contributed by atoms with E-state index in [-0.39, 0.29) is 11.5 Å². The quantitative estimate of drug-likeness (QED) is 0.443. The second-order valence-corrected chi connectivity index (χ2v) is 2.87. The second kappa shape index (κ2) is 3.50. The number of phenolic OH excluding ortho intramolecular Hbond substituents is 2. The van der Waals surface area contributed by atoms with Crippen molar-refractivity contribution in [1.82, 2.24) is 10.1 Å². The van der Waals surface area contributed by atoms with Gasteiger partial charge in [-0.05, 0) is 6.07 Å². The molecule has 1 heterocycles. The number of hydrogen-bond donors (Lipinski definition) is 2. The maximum Gasteiger partial charge on any atom is 0.315 e. The Morgan fingerprint density at radius 1 is 1.38 bits per heavy atom. The Morgan fingerprint density at radius 2 is 2.12 bits per heavy atom. The monoisotopic (exact) mass is 223 g/mol. The van der Waals surface area contributed by atoms with Gasteiger partial charge in [0, 0.05) is 6.07 Å². The zero-order chi connectivity index (χ0) is 11.7. The van der Waals surface area contributed by atoms with Gasteiger partial charge in [0.15, 0.2) is 12.1 Å². The summed E-state index contributed by atoms with van der Waals surface area (Å²) < 4.78 is 4.67. The first kappa shape index (κ1) is 9.90. The molecule has 0 spiro atoms. The van der Waals surface area contributed by atoms with Crippen molar-refractivity contribution in [2.24, 2.45) is 0 Å². The van der Waals surface area contributed by atoms with Crippen LogP contribution in [0.3, 0.4) is 0 Å². The van der Waals surface area contributed by atoms with Gasteiger partial charge in [-0.15, -0.1) is 0 Å². The number of aromatic nitrogens is 2. The van der Waals surface area contributed by atoms with Crippen LogP contribution in [0.4, 0.5) is 5.69 Å². The van der Waals surface area contributed by atoms with Crippen LogP contribution in [-0.4, -0.2) is 25.3 Å². The lowest BCUT2D eigenvalue weighted by molar-refractivity contribution is -0.385. The Morgan fingerprint density at radius 3 is 2.69 bits per heavy atom. The number of nitro benzene ring substituents is 1. The number of phenols is 2. The minimum Gasteiger partial charge on any atom is -0.504 e. The first-order valence-corrected chi connectivity index (χ1v) is 4.07. The smallest absolute Gasteiger partial charge is 0.315 e. The van der Waals surface area contributed by atoms with E-state index < -0.39 is 22.1 Å². The summed E-state index contributed by atoms with van der Waals surface area (Å²) >= 11 is 0. The fraction of sp³-hybridized carbons (Fsp3) is 0. The molecule has 0 amide bonds. The van der Waals surface area contributed by atoms with Crippen LogP contribution in [-0.2, 0) is 0 Å². The molecule has 2 rings (SSSR count). The maximum absolute atomic E-state index is 10.6. The number of nitrogens with zero attached hydrogens (tertiary/aromatic N) is 3. The first-order chi connectivity index (χ1) is 7.59. The molecular formula is C8H5N3O5. The van der Waals surface area contributed by atoms with Crippen molar-refractivity contribution >= 4 is 5.69 Å². The zero-order valence-electron chi connectivity index (χ0n) is 7.69. The van der Waals surface area contributed by atoms with Crippen LogP contribution in [0.1, 0.15) is 0 Å². The largest absolute Gasteiger partial charge is 0.504 e. The highest BCUT2D eigenvalue weighted by Gasteiger charge is 2.20. The molecule has 1 aromatic heterocycles. The fourth-order valence-corrected chi connectivity index (χ4v) is 1.17. The summed E-state index contributed by atoms with van der Waals surface area (Å²) in [6.07, 6.45) is 1.12. The SMILES string of the molecule is O=[N+]([O-])c1cc(-c2ncno2)cc(O)c1O. The highest BCUT2D eigenvalue weighted by molar-refractivity contribution is 5.67. The normalized spacial score (nSPS) is 10.2. The average molecular weight is 223 g/mol. The molecule has 8 nitrogen and oxygen atoms in total. The van der Waals surface area contributed by atoms with Gasteiger partial charge >= 0.3 is 5.69 Å². The lowest BCUT2D eigenvalue weighted by Gasteiger charge is -2.00. The fourth-order valence-electron chi connectivity index (χ4n) is 1.17. The summed E-state index contributed by atoms with van der Waals surface area (Å²) in [6, 6.07) is 2.12. The molecule has 0 atom stereocenters. The van der Waals surface area contributed by atoms with Crippen LogP contribution in [0.5, 0.6) is 11.5 Å². The summed E-state index contributed by atoms with van der Waals surface area (Å²) in [5, 5.41) is 32.4. The van der Waals surface area contributed by atoms with E-state index in [0.29, 0.717) is 0 Å². The standard InChI is InChI=1S/C8H5N3O5/c12-6-2-4(8-9-3-10-16-8)1-5(7(6)13)11(14)15/h1-3,12-13H. The lowest BCUT2D eigenvalue weighted by atomic mass is 10.1. The summed E-state index contributed by atoms with van der Waals surface area (Å²) in [5.74, 6) is -1.41. The topological polar surface area (TPSA) is 123 Å². The van der Waals surface area contributed by atoms with Gasteiger partial charge in [0.25, 0.3) is 5.89 Å². The predicted octanol–water partition coefficient (Wildman–Crippen LogP) is 1.06. The Balaban J connectivity index is 2.62. The molecule has 0 bridgehead atoms. The lowest BCUT2D eigenvalue weighted by Crippen LogP contribution is -1.90. The average Bonchev–Trinajstić information content (AvgIpc) is 2.74. The molecule has 0 unspecified atom stereocenters. The van der Waals surface area contributed by atoms with Crippen molar-refractivity contribution in [1.29, 1.82) is 0 Å². The molecule has 0 radical (unpaired) electrons. The van der Waals surface area contributed by atoms with Gasteiger partial charge < -0.3 is 14.7 Å². The molecule has 2 N–H and O–H groups in total. The summed E-state index contributed by atoms with van der Waals surface area (Å²) in [7, 11) is 0. The minimum absolute atomic E-state index is 0.0124. The Kier molecular flexibility index (Phi) is 2.16. The van der Waals surface area contributed by atoms with Gasteiger partial charge in [0.1, 0.15) is 0 Å². The molecule has 1 aromatic carbocycles. The minimum atomic E-state index is -0.824. The van der Waals surface area contributed by atoms with E-state index in [9.17, 15) is 20.3 Å². The van der Waals surface area contributed by atoms with Gasteiger partial charge in [-0.2, -0.15) is 4.98 Å². The Labute approximate surface area is 87.9 Å².